The summed E-state index contributed by atoms with van der Waals surface area (Å²) in [6.45, 7) is 2.37. The van der Waals surface area contributed by atoms with Crippen LogP contribution in [0.2, 0.25) is 0 Å². The number of para-hydroxylation sites is 1. The summed E-state index contributed by atoms with van der Waals surface area (Å²) >= 11 is 0. The van der Waals surface area contributed by atoms with Crippen LogP contribution < -0.4 is 15.9 Å². The third kappa shape index (κ3) is 3.64. The molecule has 0 fully saturated rings. The number of H-pyrrole nitrogens is 1. The van der Waals surface area contributed by atoms with Crippen LogP contribution in [0.25, 0.3) is 21.8 Å². The topological polar surface area (TPSA) is 106 Å². The van der Waals surface area contributed by atoms with E-state index in [1.807, 2.05) is 61.1 Å². The zero-order chi connectivity index (χ0) is 20.4. The number of aromatic nitrogens is 3. The lowest BCUT2D eigenvalue weighted by Crippen LogP contribution is -2.27. The molecule has 0 aliphatic carbocycles. The number of rotatable bonds is 5. The van der Waals surface area contributed by atoms with Gasteiger partial charge in [0.1, 0.15) is 5.75 Å². The number of nitrogens with two attached hydrogens (primary N) is 1. The monoisotopic (exact) mass is 389 g/mol. The van der Waals surface area contributed by atoms with Crippen LogP contribution in [0.4, 0.5) is 0 Å². The molecule has 0 amide bonds. The van der Waals surface area contributed by atoms with E-state index in [1.165, 1.54) is 0 Å². The fourth-order valence-corrected chi connectivity index (χ4v) is 3.38. The Morgan fingerprint density at radius 3 is 2.93 bits per heavy atom. The van der Waals surface area contributed by atoms with Gasteiger partial charge in [-0.25, -0.2) is 10.4 Å². The first-order chi connectivity index (χ1) is 14.1. The van der Waals surface area contributed by atoms with Crippen molar-refractivity contribution in [2.24, 2.45) is 22.9 Å². The summed E-state index contributed by atoms with van der Waals surface area (Å²) in [4.78, 5) is 7.69. The number of benzene rings is 2. The molecule has 0 aliphatic heterocycles. The van der Waals surface area contributed by atoms with Gasteiger partial charge >= 0.3 is 0 Å². The van der Waals surface area contributed by atoms with Crippen LogP contribution in [-0.2, 0) is 13.6 Å². The molecule has 0 aliphatic rings. The summed E-state index contributed by atoms with van der Waals surface area (Å²) in [6, 6.07) is 13.9. The van der Waals surface area contributed by atoms with Crippen LogP contribution in [0.15, 0.2) is 52.6 Å². The van der Waals surface area contributed by atoms with Crippen LogP contribution in [-0.4, -0.2) is 34.0 Å². The third-order valence-electron chi connectivity index (χ3n) is 4.85. The molecule has 0 radical (unpaired) electrons. The number of aryl methyl sites for hydroxylation is 2. The molecular weight excluding hydrogens is 366 g/mol. The molecule has 8 heteroatoms. The molecule has 2 heterocycles. The number of nitrogens with one attached hydrogen (secondary N) is 2. The molecular formula is C21H23N7O. The number of hydrogen-bond donors (Lipinski definition) is 3. The minimum atomic E-state index is 0.228. The Labute approximate surface area is 168 Å². The Morgan fingerprint density at radius 1 is 1.28 bits per heavy atom. The Balaban J connectivity index is 1.49. The summed E-state index contributed by atoms with van der Waals surface area (Å²) < 4.78 is 7.16. The van der Waals surface area contributed by atoms with Crippen molar-refractivity contribution in [1.82, 2.24) is 20.2 Å². The summed E-state index contributed by atoms with van der Waals surface area (Å²) in [5, 5.41) is 10.9. The zero-order valence-electron chi connectivity index (χ0n) is 16.6. The number of fused-ring (bicyclic) bond motifs is 2. The quantitative estimate of drug-likeness (QED) is 0.277. The van der Waals surface area contributed by atoms with E-state index in [0.717, 1.165) is 44.5 Å². The van der Waals surface area contributed by atoms with E-state index in [4.69, 9.17) is 10.5 Å². The molecule has 4 N–H and O–H groups in total. The van der Waals surface area contributed by atoms with Gasteiger partial charge in [-0.1, -0.05) is 18.2 Å². The Morgan fingerprint density at radius 2 is 2.10 bits per heavy atom. The summed E-state index contributed by atoms with van der Waals surface area (Å²) in [5.41, 5.74) is 13.7. The average Bonchev–Trinajstić information content (AvgIpc) is 3.22. The van der Waals surface area contributed by atoms with E-state index >= 15 is 0 Å². The lowest BCUT2D eigenvalue weighted by atomic mass is 10.1. The van der Waals surface area contributed by atoms with Gasteiger partial charge in [-0.05, 0) is 31.2 Å². The van der Waals surface area contributed by atoms with Crippen molar-refractivity contribution < 1.29 is 4.74 Å². The molecule has 0 bridgehead atoms. The lowest BCUT2D eigenvalue weighted by Gasteiger charge is -2.01. The van der Waals surface area contributed by atoms with E-state index in [0.29, 0.717) is 6.54 Å². The minimum Gasteiger partial charge on any atom is -0.497 e. The first-order valence-corrected chi connectivity index (χ1v) is 9.22. The Kier molecular flexibility index (Phi) is 4.90. The molecule has 0 saturated carbocycles. The van der Waals surface area contributed by atoms with Crippen molar-refractivity contribution in [2.45, 2.75) is 13.5 Å². The number of aliphatic imine (C=N–C) groups is 1. The van der Waals surface area contributed by atoms with Crippen LogP contribution in [0, 0.1) is 6.92 Å². The highest BCUT2D eigenvalue weighted by molar-refractivity contribution is 6.01. The second-order valence-electron chi connectivity index (χ2n) is 6.73. The predicted octanol–water partition coefficient (Wildman–Crippen LogP) is 2.81. The van der Waals surface area contributed by atoms with Crippen LogP contribution >= 0.6 is 0 Å². The molecule has 0 saturated heterocycles. The van der Waals surface area contributed by atoms with Crippen molar-refractivity contribution in [1.29, 1.82) is 0 Å². The largest absolute Gasteiger partial charge is 0.497 e. The van der Waals surface area contributed by atoms with Gasteiger partial charge in [-0.2, -0.15) is 10.2 Å². The molecule has 0 spiro atoms. The first-order valence-electron chi connectivity index (χ1n) is 9.22. The number of ether oxygens (including phenoxy) is 1. The van der Waals surface area contributed by atoms with Gasteiger partial charge in [0.05, 0.1) is 31.1 Å². The zero-order valence-corrected chi connectivity index (χ0v) is 16.6. The normalized spacial score (nSPS) is 12.3. The van der Waals surface area contributed by atoms with Crippen LogP contribution in [0.3, 0.4) is 0 Å². The van der Waals surface area contributed by atoms with E-state index in [2.05, 4.69) is 25.6 Å². The number of hydrazone groups is 1. The van der Waals surface area contributed by atoms with Gasteiger partial charge in [0.2, 0.25) is 5.96 Å². The highest BCUT2D eigenvalue weighted by Crippen LogP contribution is 2.25. The maximum atomic E-state index is 5.97. The molecule has 148 valence electrons. The Hall–Kier alpha value is -3.81. The predicted molar refractivity (Wildman–Crippen MR) is 116 cm³/mol. The van der Waals surface area contributed by atoms with E-state index in [1.54, 1.807) is 13.3 Å². The van der Waals surface area contributed by atoms with Crippen molar-refractivity contribution in [3.8, 4) is 5.75 Å². The molecule has 0 unspecified atom stereocenters. The summed E-state index contributed by atoms with van der Waals surface area (Å²) in [6.07, 6.45) is 1.73. The van der Waals surface area contributed by atoms with Crippen LogP contribution in [0.1, 0.15) is 17.0 Å². The summed E-state index contributed by atoms with van der Waals surface area (Å²) in [5.74, 6) is 1.02. The lowest BCUT2D eigenvalue weighted by molar-refractivity contribution is 0.415. The molecule has 29 heavy (non-hydrogen) atoms. The number of methoxy groups -OCH3 is 1. The molecule has 4 aromatic rings. The van der Waals surface area contributed by atoms with Gasteiger partial charge in [-0.3, -0.25) is 4.68 Å². The second-order valence-corrected chi connectivity index (χ2v) is 6.73. The standard InChI is InChI=1S/C21H23N7O/c1-13-17(16-10-14(29-3)8-9-18(16)25-13)11-24-26-21(22)23-12-19-15-6-4-5-7-20(15)28(2)27-19/h4-11,25H,12H2,1-3H3,(H3,22,23,26)/b24-11+. The maximum Gasteiger partial charge on any atom is 0.209 e. The van der Waals surface area contributed by atoms with Crippen molar-refractivity contribution in [3.05, 3.63) is 59.4 Å². The number of nitrogens with zero attached hydrogens (tertiary/aromatic N) is 4. The fraction of sp³-hybridized carbons (Fsp3) is 0.190. The maximum absolute atomic E-state index is 5.97. The van der Waals surface area contributed by atoms with Gasteiger partial charge in [0, 0.05) is 34.6 Å². The smallest absolute Gasteiger partial charge is 0.209 e. The second kappa shape index (κ2) is 7.67. The SMILES string of the molecule is COc1ccc2[nH]c(C)c(/C=N/NC(N)=NCc3nn(C)c4ccccc34)c2c1. The van der Waals surface area contributed by atoms with E-state index in [-0.39, 0.29) is 5.96 Å². The molecule has 8 nitrogen and oxygen atoms in total. The molecule has 4 rings (SSSR count). The fourth-order valence-electron chi connectivity index (χ4n) is 3.38. The van der Waals surface area contributed by atoms with Gasteiger partial charge in [0.15, 0.2) is 0 Å². The third-order valence-corrected chi connectivity index (χ3v) is 4.85. The first kappa shape index (κ1) is 18.5. The van der Waals surface area contributed by atoms with E-state index in [9.17, 15) is 0 Å². The van der Waals surface area contributed by atoms with Crippen molar-refractivity contribution in [3.63, 3.8) is 0 Å². The van der Waals surface area contributed by atoms with Crippen molar-refractivity contribution >= 4 is 34.0 Å². The van der Waals surface area contributed by atoms with Gasteiger partial charge in [0.25, 0.3) is 0 Å². The number of hydrogen-bond acceptors (Lipinski definition) is 4. The highest BCUT2D eigenvalue weighted by atomic mass is 16.5. The molecule has 0 atom stereocenters. The summed E-state index contributed by atoms with van der Waals surface area (Å²) in [7, 11) is 3.57. The van der Waals surface area contributed by atoms with Gasteiger partial charge in [-0.15, -0.1) is 0 Å². The van der Waals surface area contributed by atoms with Crippen molar-refractivity contribution in [2.75, 3.05) is 7.11 Å². The number of guanidine groups is 1. The Bertz CT molecular complexity index is 1230. The molecule has 2 aromatic carbocycles. The van der Waals surface area contributed by atoms with E-state index < -0.39 is 0 Å². The van der Waals surface area contributed by atoms with Crippen LogP contribution in [0.5, 0.6) is 5.75 Å². The average molecular weight is 389 g/mol. The highest BCUT2D eigenvalue weighted by Gasteiger charge is 2.08. The minimum absolute atomic E-state index is 0.228. The van der Waals surface area contributed by atoms with Gasteiger partial charge < -0.3 is 15.5 Å². The number of aromatic amines is 1. The molecule has 2 aromatic heterocycles.